The molecule has 3 rings (SSSR count). The number of fused-ring (bicyclic) bond motifs is 1. The smallest absolute Gasteiger partial charge is 0.110 e. The molecule has 1 saturated carbocycles. The summed E-state index contributed by atoms with van der Waals surface area (Å²) in [5, 5.41) is 14.1. The molecule has 2 aliphatic rings. The average Bonchev–Trinajstić information content (AvgIpc) is 2.68. The van der Waals surface area contributed by atoms with Crippen molar-refractivity contribution < 1.29 is 5.11 Å². The van der Waals surface area contributed by atoms with Gasteiger partial charge < -0.3 is 10.4 Å². The zero-order valence-corrected chi connectivity index (χ0v) is 9.26. The maximum Gasteiger partial charge on any atom is 0.110 e. The van der Waals surface area contributed by atoms with Gasteiger partial charge in [0.25, 0.3) is 0 Å². The Balaban J connectivity index is 1.85. The predicted octanol–water partition coefficient (Wildman–Crippen LogP) is 0.826. The number of piperidine rings is 1. The fraction of sp³-hybridized carbons (Fsp3) is 0.667. The molecule has 3 atom stereocenters. The lowest BCUT2D eigenvalue weighted by Gasteiger charge is -2.25. The highest BCUT2D eigenvalue weighted by Crippen LogP contribution is 2.44. The Bertz CT molecular complexity index is 354. The van der Waals surface area contributed by atoms with Gasteiger partial charge in [-0.2, -0.15) is 0 Å². The monoisotopic (exact) mass is 219 g/mol. The summed E-state index contributed by atoms with van der Waals surface area (Å²) in [6, 6.07) is 0.459. The van der Waals surface area contributed by atoms with Crippen LogP contribution in [0, 0.1) is 5.92 Å². The number of hydrogen-bond donors (Lipinski definition) is 2. The molecular weight excluding hydrogens is 202 g/mol. The molecular formula is C12H17N3O. The second kappa shape index (κ2) is 3.79. The van der Waals surface area contributed by atoms with Crippen molar-refractivity contribution in [1.82, 2.24) is 15.3 Å². The lowest BCUT2D eigenvalue weighted by Crippen LogP contribution is -2.38. The van der Waals surface area contributed by atoms with Crippen molar-refractivity contribution in [2.45, 2.75) is 37.3 Å². The number of rotatable bonds is 1. The Kier molecular flexibility index (Phi) is 2.41. The third-order valence-corrected chi connectivity index (χ3v) is 3.92. The van der Waals surface area contributed by atoms with Crippen molar-refractivity contribution in [1.29, 1.82) is 0 Å². The van der Waals surface area contributed by atoms with E-state index in [4.69, 9.17) is 0 Å². The first-order chi connectivity index (χ1) is 7.78. The van der Waals surface area contributed by atoms with Gasteiger partial charge in [-0.15, -0.1) is 0 Å². The van der Waals surface area contributed by atoms with Gasteiger partial charge in [-0.1, -0.05) is 0 Å². The molecule has 1 aliphatic carbocycles. The highest BCUT2D eigenvalue weighted by Gasteiger charge is 2.46. The Morgan fingerprint density at radius 1 is 1.38 bits per heavy atom. The molecule has 0 amide bonds. The van der Waals surface area contributed by atoms with Crippen LogP contribution >= 0.6 is 0 Å². The summed E-state index contributed by atoms with van der Waals surface area (Å²) in [6.45, 7) is 1.08. The van der Waals surface area contributed by atoms with Crippen molar-refractivity contribution in [2.24, 2.45) is 5.92 Å². The topological polar surface area (TPSA) is 58.0 Å². The lowest BCUT2D eigenvalue weighted by atomic mass is 9.92. The molecule has 3 unspecified atom stereocenters. The van der Waals surface area contributed by atoms with Crippen molar-refractivity contribution >= 4 is 0 Å². The van der Waals surface area contributed by atoms with E-state index in [2.05, 4.69) is 15.3 Å². The lowest BCUT2D eigenvalue weighted by molar-refractivity contribution is 0.0341. The van der Waals surface area contributed by atoms with E-state index in [1.807, 2.05) is 0 Å². The summed E-state index contributed by atoms with van der Waals surface area (Å²) in [4.78, 5) is 8.30. The van der Waals surface area contributed by atoms with E-state index in [0.717, 1.165) is 25.1 Å². The first-order valence-electron chi connectivity index (χ1n) is 6.00. The summed E-state index contributed by atoms with van der Waals surface area (Å²) in [5.41, 5.74) is -0.0350. The minimum atomic E-state index is -0.763. The van der Waals surface area contributed by atoms with E-state index in [-0.39, 0.29) is 0 Å². The molecule has 0 spiro atoms. The summed E-state index contributed by atoms with van der Waals surface area (Å²) >= 11 is 0. The van der Waals surface area contributed by atoms with Gasteiger partial charge in [0, 0.05) is 18.4 Å². The van der Waals surface area contributed by atoms with Gasteiger partial charge in [0.2, 0.25) is 0 Å². The second-order valence-corrected chi connectivity index (χ2v) is 4.99. The van der Waals surface area contributed by atoms with Crippen LogP contribution in [0.5, 0.6) is 0 Å². The molecule has 4 heteroatoms. The van der Waals surface area contributed by atoms with Crippen molar-refractivity contribution in [3.05, 3.63) is 24.3 Å². The van der Waals surface area contributed by atoms with Crippen LogP contribution in [0.15, 0.2) is 18.6 Å². The maximum atomic E-state index is 10.7. The fourth-order valence-electron chi connectivity index (χ4n) is 3.13. The normalized spacial score (nSPS) is 38.3. The number of nitrogens with one attached hydrogen (secondary N) is 1. The van der Waals surface area contributed by atoms with Crippen LogP contribution < -0.4 is 5.32 Å². The molecule has 2 N–H and O–H groups in total. The highest BCUT2D eigenvalue weighted by atomic mass is 16.3. The van der Waals surface area contributed by atoms with Gasteiger partial charge in [-0.25, -0.2) is 0 Å². The van der Waals surface area contributed by atoms with Crippen LogP contribution in [0.3, 0.4) is 0 Å². The Hall–Kier alpha value is -1.00. The largest absolute Gasteiger partial charge is 0.383 e. The molecule has 0 radical (unpaired) electrons. The Morgan fingerprint density at radius 2 is 2.31 bits per heavy atom. The first-order valence-corrected chi connectivity index (χ1v) is 6.00. The summed E-state index contributed by atoms with van der Waals surface area (Å²) in [7, 11) is 0. The predicted molar refractivity (Wildman–Crippen MR) is 59.7 cm³/mol. The highest BCUT2D eigenvalue weighted by molar-refractivity contribution is 5.14. The zero-order chi connectivity index (χ0) is 11.0. The Morgan fingerprint density at radius 3 is 3.06 bits per heavy atom. The number of aliphatic hydroxyl groups is 1. The molecule has 1 aliphatic heterocycles. The maximum absolute atomic E-state index is 10.7. The number of nitrogens with zero attached hydrogens (tertiary/aromatic N) is 2. The molecule has 86 valence electrons. The summed E-state index contributed by atoms with van der Waals surface area (Å²) in [5.74, 6) is 0.598. The van der Waals surface area contributed by atoms with Crippen LogP contribution in [-0.2, 0) is 5.60 Å². The van der Waals surface area contributed by atoms with E-state index < -0.39 is 5.60 Å². The van der Waals surface area contributed by atoms with Crippen LogP contribution in [-0.4, -0.2) is 27.7 Å². The van der Waals surface area contributed by atoms with Gasteiger partial charge >= 0.3 is 0 Å². The van der Waals surface area contributed by atoms with Gasteiger partial charge in [0.15, 0.2) is 0 Å². The molecule has 4 nitrogen and oxygen atoms in total. The average molecular weight is 219 g/mol. The summed E-state index contributed by atoms with van der Waals surface area (Å²) < 4.78 is 0. The first kappa shape index (κ1) is 10.2. The van der Waals surface area contributed by atoms with Crippen LogP contribution in [0.4, 0.5) is 0 Å². The van der Waals surface area contributed by atoms with Crippen molar-refractivity contribution in [2.75, 3.05) is 6.54 Å². The van der Waals surface area contributed by atoms with E-state index in [9.17, 15) is 5.11 Å². The fourth-order valence-corrected chi connectivity index (χ4v) is 3.13. The molecule has 1 aromatic heterocycles. The quantitative estimate of drug-likeness (QED) is 0.734. The van der Waals surface area contributed by atoms with Crippen molar-refractivity contribution in [3.8, 4) is 0 Å². The number of aromatic nitrogens is 2. The van der Waals surface area contributed by atoms with E-state index in [1.165, 1.54) is 12.8 Å². The molecule has 16 heavy (non-hydrogen) atoms. The van der Waals surface area contributed by atoms with Gasteiger partial charge in [0.05, 0.1) is 11.9 Å². The SMILES string of the molecule is OC1(c2cnccn2)CC2CCCNC2C1. The minimum Gasteiger partial charge on any atom is -0.383 e. The molecule has 2 heterocycles. The third-order valence-electron chi connectivity index (χ3n) is 3.92. The standard InChI is InChI=1S/C12H17N3O/c16-12(11-8-13-4-5-15-11)6-9-2-1-3-14-10(9)7-12/h4-5,8-10,14,16H,1-3,6-7H2. The van der Waals surface area contributed by atoms with Gasteiger partial charge in [-0.3, -0.25) is 9.97 Å². The van der Waals surface area contributed by atoms with Gasteiger partial charge in [-0.05, 0) is 38.1 Å². The van der Waals surface area contributed by atoms with Crippen LogP contribution in [0.2, 0.25) is 0 Å². The summed E-state index contributed by atoms with van der Waals surface area (Å²) in [6.07, 6.45) is 9.03. The van der Waals surface area contributed by atoms with Gasteiger partial charge in [0.1, 0.15) is 5.60 Å². The van der Waals surface area contributed by atoms with E-state index in [0.29, 0.717) is 12.0 Å². The zero-order valence-electron chi connectivity index (χ0n) is 9.26. The molecule has 1 saturated heterocycles. The van der Waals surface area contributed by atoms with E-state index in [1.54, 1.807) is 18.6 Å². The molecule has 2 fully saturated rings. The van der Waals surface area contributed by atoms with Crippen LogP contribution in [0.25, 0.3) is 0 Å². The molecule has 0 aromatic carbocycles. The molecule has 1 aromatic rings. The molecule has 0 bridgehead atoms. The minimum absolute atomic E-state index is 0.459. The van der Waals surface area contributed by atoms with E-state index >= 15 is 0 Å². The van der Waals surface area contributed by atoms with Crippen LogP contribution in [0.1, 0.15) is 31.4 Å². The Labute approximate surface area is 95.1 Å². The number of hydrogen-bond acceptors (Lipinski definition) is 4. The van der Waals surface area contributed by atoms with Crippen molar-refractivity contribution in [3.63, 3.8) is 0 Å². The third kappa shape index (κ3) is 1.62. The second-order valence-electron chi connectivity index (χ2n) is 4.99.